The van der Waals surface area contributed by atoms with E-state index < -0.39 is 5.97 Å². The van der Waals surface area contributed by atoms with E-state index in [9.17, 15) is 4.79 Å². The highest BCUT2D eigenvalue weighted by Gasteiger charge is 2.21. The van der Waals surface area contributed by atoms with Gasteiger partial charge in [-0.15, -0.1) is 0 Å². The van der Waals surface area contributed by atoms with Crippen molar-refractivity contribution in [2.24, 2.45) is 17.8 Å². The lowest BCUT2D eigenvalue weighted by atomic mass is 9.80. The second-order valence-corrected chi connectivity index (χ2v) is 4.92. The summed E-state index contributed by atoms with van der Waals surface area (Å²) in [5, 5.41) is 12.0. The lowest BCUT2D eigenvalue weighted by Crippen LogP contribution is -2.33. The van der Waals surface area contributed by atoms with E-state index in [2.05, 4.69) is 12.2 Å². The number of aliphatic carboxylic acids is 1. The number of rotatable bonds is 5. The van der Waals surface area contributed by atoms with Crippen LogP contribution in [0.4, 0.5) is 0 Å². The van der Waals surface area contributed by atoms with Gasteiger partial charge in [0.05, 0.1) is 5.92 Å². The molecule has 2 N–H and O–H groups in total. The second kappa shape index (κ2) is 6.11. The number of carbonyl (C=O) groups is 1. The van der Waals surface area contributed by atoms with Crippen molar-refractivity contribution in [3.05, 3.63) is 0 Å². The van der Waals surface area contributed by atoms with Gasteiger partial charge < -0.3 is 10.4 Å². The molecule has 0 amide bonds. The van der Waals surface area contributed by atoms with Crippen molar-refractivity contribution >= 4 is 5.97 Å². The lowest BCUT2D eigenvalue weighted by Gasteiger charge is -2.29. The predicted molar refractivity (Wildman–Crippen MR) is 60.8 cm³/mol. The first-order valence-corrected chi connectivity index (χ1v) is 6.04. The first kappa shape index (κ1) is 12.5. The van der Waals surface area contributed by atoms with Gasteiger partial charge in [0.15, 0.2) is 0 Å². The Morgan fingerprint density at radius 1 is 1.47 bits per heavy atom. The zero-order valence-electron chi connectivity index (χ0n) is 9.83. The molecule has 0 heterocycles. The van der Waals surface area contributed by atoms with Crippen molar-refractivity contribution < 1.29 is 9.90 Å². The normalized spacial score (nSPS) is 28.7. The summed E-state index contributed by atoms with van der Waals surface area (Å²) in [5.41, 5.74) is 0. The molecule has 1 aliphatic rings. The summed E-state index contributed by atoms with van der Waals surface area (Å²) < 4.78 is 0. The summed E-state index contributed by atoms with van der Waals surface area (Å²) >= 11 is 0. The molecular weight excluding hydrogens is 190 g/mol. The van der Waals surface area contributed by atoms with E-state index in [1.165, 1.54) is 25.7 Å². The fourth-order valence-corrected chi connectivity index (χ4v) is 2.27. The van der Waals surface area contributed by atoms with Crippen molar-refractivity contribution in [2.75, 3.05) is 13.1 Å². The number of hydrogen-bond acceptors (Lipinski definition) is 2. The molecule has 88 valence electrons. The molecule has 0 aromatic rings. The molecular formula is C12H23NO2. The molecule has 0 radical (unpaired) electrons. The smallest absolute Gasteiger partial charge is 0.307 e. The third-order valence-electron chi connectivity index (χ3n) is 3.57. The van der Waals surface area contributed by atoms with Gasteiger partial charge in [0, 0.05) is 6.54 Å². The second-order valence-electron chi connectivity index (χ2n) is 4.92. The Morgan fingerprint density at radius 3 is 2.73 bits per heavy atom. The van der Waals surface area contributed by atoms with Crippen molar-refractivity contribution in [1.29, 1.82) is 0 Å². The zero-order valence-corrected chi connectivity index (χ0v) is 9.83. The third kappa shape index (κ3) is 4.20. The Morgan fingerprint density at radius 2 is 2.13 bits per heavy atom. The molecule has 1 aliphatic carbocycles. The van der Waals surface area contributed by atoms with Crippen LogP contribution in [0.2, 0.25) is 0 Å². The van der Waals surface area contributed by atoms with Gasteiger partial charge in [-0.25, -0.2) is 0 Å². The minimum atomic E-state index is -0.709. The van der Waals surface area contributed by atoms with Gasteiger partial charge in [-0.3, -0.25) is 4.79 Å². The number of hydrogen-bond donors (Lipinski definition) is 2. The standard InChI is InChI=1S/C12H23NO2/c1-9-5-3-4-6-11(9)8-13-7-10(2)12(14)15/h9-11,13H,3-8H2,1-2H3,(H,14,15). The monoisotopic (exact) mass is 213 g/mol. The highest BCUT2D eigenvalue weighted by molar-refractivity contribution is 5.69. The molecule has 0 bridgehead atoms. The van der Waals surface area contributed by atoms with Crippen molar-refractivity contribution in [2.45, 2.75) is 39.5 Å². The fraction of sp³-hybridized carbons (Fsp3) is 0.917. The molecule has 0 aliphatic heterocycles. The molecule has 3 unspecified atom stereocenters. The largest absolute Gasteiger partial charge is 0.481 e. The summed E-state index contributed by atoms with van der Waals surface area (Å²) in [6, 6.07) is 0. The predicted octanol–water partition coefficient (Wildman–Crippen LogP) is 2.12. The maximum atomic E-state index is 10.6. The molecule has 3 heteroatoms. The Labute approximate surface area is 92.3 Å². The molecule has 0 spiro atoms. The molecule has 0 aromatic carbocycles. The van der Waals surface area contributed by atoms with E-state index in [4.69, 9.17) is 5.11 Å². The minimum absolute atomic E-state index is 0.274. The molecule has 3 nitrogen and oxygen atoms in total. The fourth-order valence-electron chi connectivity index (χ4n) is 2.27. The van der Waals surface area contributed by atoms with Gasteiger partial charge >= 0.3 is 5.97 Å². The Balaban J connectivity index is 2.16. The highest BCUT2D eigenvalue weighted by atomic mass is 16.4. The van der Waals surface area contributed by atoms with E-state index >= 15 is 0 Å². The molecule has 15 heavy (non-hydrogen) atoms. The van der Waals surface area contributed by atoms with Gasteiger partial charge in [-0.2, -0.15) is 0 Å². The van der Waals surface area contributed by atoms with Crippen LogP contribution in [0.5, 0.6) is 0 Å². The maximum absolute atomic E-state index is 10.6. The average Bonchev–Trinajstić information content (AvgIpc) is 2.20. The van der Waals surface area contributed by atoms with Crippen LogP contribution in [0, 0.1) is 17.8 Å². The van der Waals surface area contributed by atoms with Crippen LogP contribution in [0.1, 0.15) is 39.5 Å². The van der Waals surface area contributed by atoms with Gasteiger partial charge in [0.2, 0.25) is 0 Å². The SMILES string of the molecule is CC(CNCC1CCCCC1C)C(=O)O. The van der Waals surface area contributed by atoms with Crippen LogP contribution in [0.15, 0.2) is 0 Å². The summed E-state index contributed by atoms with van der Waals surface area (Å²) in [7, 11) is 0. The summed E-state index contributed by atoms with van der Waals surface area (Å²) in [6.07, 6.45) is 5.34. The number of nitrogens with one attached hydrogen (secondary N) is 1. The third-order valence-corrected chi connectivity index (χ3v) is 3.57. The van der Waals surface area contributed by atoms with E-state index in [1.54, 1.807) is 6.92 Å². The van der Waals surface area contributed by atoms with Crippen molar-refractivity contribution in [1.82, 2.24) is 5.32 Å². The van der Waals surface area contributed by atoms with Crippen LogP contribution in [0.3, 0.4) is 0 Å². The van der Waals surface area contributed by atoms with Crippen molar-refractivity contribution in [3.8, 4) is 0 Å². The van der Waals surface area contributed by atoms with Crippen molar-refractivity contribution in [3.63, 3.8) is 0 Å². The van der Waals surface area contributed by atoms with Crippen LogP contribution in [0.25, 0.3) is 0 Å². The first-order valence-electron chi connectivity index (χ1n) is 6.04. The van der Waals surface area contributed by atoms with Crippen LogP contribution < -0.4 is 5.32 Å². The van der Waals surface area contributed by atoms with Crippen LogP contribution in [-0.2, 0) is 4.79 Å². The van der Waals surface area contributed by atoms with Gasteiger partial charge in [0.25, 0.3) is 0 Å². The topological polar surface area (TPSA) is 49.3 Å². The molecule has 0 saturated heterocycles. The Hall–Kier alpha value is -0.570. The van der Waals surface area contributed by atoms with E-state index in [-0.39, 0.29) is 5.92 Å². The Bertz CT molecular complexity index is 206. The van der Waals surface area contributed by atoms with Gasteiger partial charge in [-0.05, 0) is 24.8 Å². The van der Waals surface area contributed by atoms with E-state index in [0.29, 0.717) is 6.54 Å². The van der Waals surface area contributed by atoms with Gasteiger partial charge in [0.1, 0.15) is 0 Å². The van der Waals surface area contributed by atoms with Crippen LogP contribution in [-0.4, -0.2) is 24.2 Å². The molecule has 3 atom stereocenters. The number of carboxylic acid groups (broad SMARTS) is 1. The molecule has 1 fully saturated rings. The summed E-state index contributed by atoms with van der Waals surface area (Å²) in [6.45, 7) is 5.64. The summed E-state index contributed by atoms with van der Waals surface area (Å²) in [4.78, 5) is 10.6. The molecule has 1 saturated carbocycles. The number of carboxylic acids is 1. The highest BCUT2D eigenvalue weighted by Crippen LogP contribution is 2.28. The maximum Gasteiger partial charge on any atom is 0.307 e. The molecule has 1 rings (SSSR count). The van der Waals surface area contributed by atoms with E-state index in [1.807, 2.05) is 0 Å². The summed E-state index contributed by atoms with van der Waals surface area (Å²) in [5.74, 6) is 0.564. The lowest BCUT2D eigenvalue weighted by molar-refractivity contribution is -0.140. The average molecular weight is 213 g/mol. The first-order chi connectivity index (χ1) is 7.11. The quantitative estimate of drug-likeness (QED) is 0.735. The minimum Gasteiger partial charge on any atom is -0.481 e. The van der Waals surface area contributed by atoms with E-state index in [0.717, 1.165) is 18.4 Å². The zero-order chi connectivity index (χ0) is 11.3. The molecule has 0 aromatic heterocycles. The van der Waals surface area contributed by atoms with Crippen LogP contribution >= 0.6 is 0 Å². The van der Waals surface area contributed by atoms with Gasteiger partial charge in [-0.1, -0.05) is 33.1 Å². The Kier molecular flexibility index (Phi) is 5.09.